The van der Waals surface area contributed by atoms with Gasteiger partial charge in [0.15, 0.2) is 0 Å². The van der Waals surface area contributed by atoms with Crippen molar-refractivity contribution in [3.63, 3.8) is 0 Å². The Hall–Kier alpha value is -1.94. The van der Waals surface area contributed by atoms with E-state index in [1.807, 2.05) is 0 Å². The monoisotopic (exact) mass is 630 g/mol. The molecule has 0 bridgehead atoms. The Morgan fingerprint density at radius 2 is 0.952 bits per heavy atom. The number of thioether (sulfide) groups is 2. The summed E-state index contributed by atoms with van der Waals surface area (Å²) in [6.07, 6.45) is 14.5. The van der Waals surface area contributed by atoms with E-state index in [0.717, 1.165) is 50.7 Å². The predicted octanol–water partition coefficient (Wildman–Crippen LogP) is 7.24. The van der Waals surface area contributed by atoms with Crippen LogP contribution >= 0.6 is 23.5 Å². The van der Waals surface area contributed by atoms with Crippen molar-refractivity contribution in [1.82, 2.24) is 0 Å². The zero-order valence-electron chi connectivity index (χ0n) is 25.9. The van der Waals surface area contributed by atoms with Gasteiger partial charge in [0.2, 0.25) is 0 Å². The molecule has 42 heavy (non-hydrogen) atoms. The van der Waals surface area contributed by atoms with Crippen LogP contribution in [0, 0.1) is 0 Å². The van der Waals surface area contributed by atoms with E-state index in [1.165, 1.54) is 62.0 Å². The number of esters is 4. The van der Waals surface area contributed by atoms with Crippen molar-refractivity contribution < 1.29 is 38.1 Å². The van der Waals surface area contributed by atoms with Gasteiger partial charge in [0.25, 0.3) is 0 Å². The molecule has 0 rings (SSSR count). The highest BCUT2D eigenvalue weighted by Gasteiger charge is 2.28. The van der Waals surface area contributed by atoms with Crippen molar-refractivity contribution in [2.75, 3.05) is 36.2 Å². The normalized spacial score (nSPS) is 12.1. The minimum absolute atomic E-state index is 0.231. The first-order valence-corrected chi connectivity index (χ1v) is 17.8. The highest BCUT2D eigenvalue weighted by atomic mass is 32.2. The lowest BCUT2D eigenvalue weighted by Gasteiger charge is -2.26. The van der Waals surface area contributed by atoms with Gasteiger partial charge in [-0.05, 0) is 12.8 Å². The van der Waals surface area contributed by atoms with Gasteiger partial charge in [-0.2, -0.15) is 23.5 Å². The Morgan fingerprint density at radius 1 is 0.595 bits per heavy atom. The summed E-state index contributed by atoms with van der Waals surface area (Å²) in [5, 5.41) is 0. The summed E-state index contributed by atoms with van der Waals surface area (Å²) < 4.78 is 21.6. The molecule has 0 heterocycles. The SMILES string of the molecule is C=CC(=O)OC(CSCCC(=O)OCCCCCCCC)C(CSCCC(=O)OCCCCCCCC)OC(=O)C=C. The molecule has 242 valence electrons. The van der Waals surface area contributed by atoms with Gasteiger partial charge < -0.3 is 18.9 Å². The van der Waals surface area contributed by atoms with Crippen LogP contribution in [0.3, 0.4) is 0 Å². The zero-order valence-corrected chi connectivity index (χ0v) is 27.6. The minimum atomic E-state index is -0.768. The van der Waals surface area contributed by atoms with Gasteiger partial charge in [-0.25, -0.2) is 9.59 Å². The summed E-state index contributed by atoms with van der Waals surface area (Å²) in [5.74, 6) is -0.244. The molecule has 0 aromatic rings. The van der Waals surface area contributed by atoms with Gasteiger partial charge in [-0.3, -0.25) is 9.59 Å². The van der Waals surface area contributed by atoms with Crippen molar-refractivity contribution in [2.45, 2.75) is 116 Å². The number of rotatable bonds is 29. The summed E-state index contributed by atoms with van der Waals surface area (Å²) in [5.41, 5.74) is 0. The molecular weight excluding hydrogens is 576 g/mol. The summed E-state index contributed by atoms with van der Waals surface area (Å²) in [6.45, 7) is 12.1. The second-order valence-electron chi connectivity index (χ2n) is 9.99. The number of carbonyl (C=O) groups is 4. The quantitative estimate of drug-likeness (QED) is 0.0364. The molecule has 0 aliphatic carbocycles. The highest BCUT2D eigenvalue weighted by Crippen LogP contribution is 2.19. The minimum Gasteiger partial charge on any atom is -0.466 e. The third-order valence-electron chi connectivity index (χ3n) is 6.27. The maximum absolute atomic E-state index is 12.1. The fraction of sp³-hybridized carbons (Fsp3) is 0.750. The first kappa shape index (κ1) is 40.1. The van der Waals surface area contributed by atoms with Gasteiger partial charge in [0, 0.05) is 35.2 Å². The molecule has 0 N–H and O–H groups in total. The molecule has 0 aliphatic heterocycles. The first-order chi connectivity index (χ1) is 20.4. The Bertz CT molecular complexity index is 697. The van der Waals surface area contributed by atoms with E-state index in [-0.39, 0.29) is 24.8 Å². The average molecular weight is 631 g/mol. The molecule has 0 aliphatic rings. The molecule has 0 aromatic heterocycles. The highest BCUT2D eigenvalue weighted by molar-refractivity contribution is 7.99. The number of unbranched alkanes of at least 4 members (excludes halogenated alkanes) is 10. The van der Waals surface area contributed by atoms with Gasteiger partial charge in [-0.1, -0.05) is 91.2 Å². The molecule has 2 atom stereocenters. The van der Waals surface area contributed by atoms with Gasteiger partial charge in [-0.15, -0.1) is 0 Å². The van der Waals surface area contributed by atoms with E-state index in [2.05, 4.69) is 27.0 Å². The number of hydrogen-bond donors (Lipinski definition) is 0. The van der Waals surface area contributed by atoms with Crippen LogP contribution in [0.4, 0.5) is 0 Å². The van der Waals surface area contributed by atoms with E-state index in [4.69, 9.17) is 18.9 Å². The van der Waals surface area contributed by atoms with Crippen molar-refractivity contribution >= 4 is 47.4 Å². The molecule has 2 unspecified atom stereocenters. The van der Waals surface area contributed by atoms with E-state index < -0.39 is 24.1 Å². The van der Waals surface area contributed by atoms with Crippen LogP contribution in [0.25, 0.3) is 0 Å². The van der Waals surface area contributed by atoms with Gasteiger partial charge in [0.1, 0.15) is 12.2 Å². The number of hydrogen-bond acceptors (Lipinski definition) is 10. The van der Waals surface area contributed by atoms with Crippen LogP contribution in [0.2, 0.25) is 0 Å². The summed E-state index contributed by atoms with van der Waals surface area (Å²) in [4.78, 5) is 48.2. The van der Waals surface area contributed by atoms with E-state index in [1.54, 1.807) is 0 Å². The van der Waals surface area contributed by atoms with E-state index >= 15 is 0 Å². The third-order valence-corrected chi connectivity index (χ3v) is 8.38. The Balaban J connectivity index is 4.59. The van der Waals surface area contributed by atoms with Crippen LogP contribution in [0.1, 0.15) is 104 Å². The standard InChI is InChI=1S/C32H54O8S2/c1-5-9-11-13-15-17-21-37-31(35)19-23-41-25-27(39-29(33)7-3)28(40-30(34)8-4)26-42-24-20-32(36)38-22-18-16-14-12-10-6-2/h7-8,27-28H,3-6,9-26H2,1-2H3. The van der Waals surface area contributed by atoms with Gasteiger partial charge in [0.05, 0.1) is 26.1 Å². The third kappa shape index (κ3) is 24.6. The van der Waals surface area contributed by atoms with Crippen molar-refractivity contribution in [3.05, 3.63) is 25.3 Å². The van der Waals surface area contributed by atoms with Crippen molar-refractivity contribution in [3.8, 4) is 0 Å². The lowest BCUT2D eigenvalue weighted by atomic mass is 10.1. The average Bonchev–Trinajstić information content (AvgIpc) is 2.98. The fourth-order valence-corrected chi connectivity index (χ4v) is 5.81. The van der Waals surface area contributed by atoms with Crippen molar-refractivity contribution in [2.24, 2.45) is 0 Å². The molecule has 0 fully saturated rings. The zero-order chi connectivity index (χ0) is 31.3. The molecule has 8 nitrogen and oxygen atoms in total. The Kier molecular flexibility index (Phi) is 27.8. The predicted molar refractivity (Wildman–Crippen MR) is 173 cm³/mol. The summed E-state index contributed by atoms with van der Waals surface area (Å²) in [6, 6.07) is 0. The second kappa shape index (κ2) is 29.1. The molecule has 0 saturated carbocycles. The lowest BCUT2D eigenvalue weighted by Crippen LogP contribution is -2.38. The topological polar surface area (TPSA) is 105 Å². The van der Waals surface area contributed by atoms with Crippen LogP contribution in [0.5, 0.6) is 0 Å². The molecule has 0 aromatic carbocycles. The molecule has 0 amide bonds. The number of ether oxygens (including phenoxy) is 4. The maximum atomic E-state index is 12.1. The summed E-state index contributed by atoms with van der Waals surface area (Å²) >= 11 is 2.81. The largest absolute Gasteiger partial charge is 0.466 e. The second-order valence-corrected chi connectivity index (χ2v) is 12.3. The van der Waals surface area contributed by atoms with E-state index in [9.17, 15) is 19.2 Å². The van der Waals surface area contributed by atoms with Crippen LogP contribution in [-0.2, 0) is 38.1 Å². The lowest BCUT2D eigenvalue weighted by molar-refractivity contribution is -0.158. The first-order valence-electron chi connectivity index (χ1n) is 15.5. The molecule has 0 spiro atoms. The molecule has 0 radical (unpaired) electrons. The molecular formula is C32H54O8S2. The molecule has 10 heteroatoms. The van der Waals surface area contributed by atoms with Crippen LogP contribution < -0.4 is 0 Å². The van der Waals surface area contributed by atoms with E-state index in [0.29, 0.717) is 36.2 Å². The Morgan fingerprint density at radius 3 is 1.31 bits per heavy atom. The fourth-order valence-electron chi connectivity index (χ4n) is 3.82. The molecule has 0 saturated heterocycles. The smallest absolute Gasteiger partial charge is 0.330 e. The summed E-state index contributed by atoms with van der Waals surface area (Å²) in [7, 11) is 0. The maximum Gasteiger partial charge on any atom is 0.330 e. The van der Waals surface area contributed by atoms with Crippen LogP contribution in [0.15, 0.2) is 25.3 Å². The van der Waals surface area contributed by atoms with Crippen LogP contribution in [-0.4, -0.2) is 72.3 Å². The Labute approximate surface area is 262 Å². The van der Waals surface area contributed by atoms with Gasteiger partial charge >= 0.3 is 23.9 Å². The van der Waals surface area contributed by atoms with Crippen molar-refractivity contribution in [1.29, 1.82) is 0 Å². The number of carbonyl (C=O) groups excluding carboxylic acids is 4.